The van der Waals surface area contributed by atoms with Crippen molar-refractivity contribution in [1.82, 2.24) is 0 Å². The van der Waals surface area contributed by atoms with Gasteiger partial charge in [0.2, 0.25) is 0 Å². The van der Waals surface area contributed by atoms with Crippen LogP contribution in [0.1, 0.15) is 20.8 Å². The summed E-state index contributed by atoms with van der Waals surface area (Å²) in [6, 6.07) is 7.56. The summed E-state index contributed by atoms with van der Waals surface area (Å²) in [5, 5.41) is 0. The van der Waals surface area contributed by atoms with Crippen LogP contribution in [-0.2, 0) is 0 Å². The lowest BCUT2D eigenvalue weighted by molar-refractivity contribution is 0.159. The number of hydrogen-bond acceptors (Lipinski definition) is 2. The van der Waals surface area contributed by atoms with Gasteiger partial charge >= 0.3 is 0 Å². The molecule has 77 valence electrons. The van der Waals surface area contributed by atoms with Gasteiger partial charge in [0.1, 0.15) is 17.1 Å². The first-order chi connectivity index (χ1) is 6.51. The van der Waals surface area contributed by atoms with Crippen LogP contribution < -0.4 is 9.47 Å². The zero-order valence-electron chi connectivity index (χ0n) is 9.04. The Bertz CT molecular complexity index is 269. The zero-order valence-corrected chi connectivity index (χ0v) is 9.04. The molecule has 1 aromatic rings. The molecule has 0 atom stereocenters. The summed E-state index contributed by atoms with van der Waals surface area (Å²) >= 11 is 0. The van der Waals surface area contributed by atoms with Crippen molar-refractivity contribution >= 4 is 0 Å². The maximum Gasteiger partial charge on any atom is 0.120 e. The SMILES string of the molecule is [CH2]C(C)(C)Oc1ccc(OCC)cc1. The molecule has 2 nitrogen and oxygen atoms in total. The van der Waals surface area contributed by atoms with Gasteiger partial charge in [-0.1, -0.05) is 0 Å². The molecule has 2 heteroatoms. The summed E-state index contributed by atoms with van der Waals surface area (Å²) < 4.78 is 10.9. The molecular weight excluding hydrogens is 176 g/mol. The second kappa shape index (κ2) is 4.36. The first-order valence-corrected chi connectivity index (χ1v) is 4.78. The fraction of sp³-hybridized carbons (Fsp3) is 0.417. The Kier molecular flexibility index (Phi) is 3.39. The molecule has 0 amide bonds. The van der Waals surface area contributed by atoms with E-state index in [9.17, 15) is 0 Å². The minimum atomic E-state index is -0.396. The van der Waals surface area contributed by atoms with Crippen LogP contribution in [0.4, 0.5) is 0 Å². The molecule has 0 spiro atoms. The Morgan fingerprint density at radius 3 is 2.07 bits per heavy atom. The van der Waals surface area contributed by atoms with Crippen LogP contribution in [0.25, 0.3) is 0 Å². The molecular formula is C12H17O2. The van der Waals surface area contributed by atoms with Crippen LogP contribution in [0.15, 0.2) is 24.3 Å². The van der Waals surface area contributed by atoms with E-state index < -0.39 is 5.60 Å². The normalized spacial score (nSPS) is 11.1. The molecule has 0 saturated heterocycles. The molecule has 0 aliphatic heterocycles. The molecule has 0 bridgehead atoms. The second-order valence-electron chi connectivity index (χ2n) is 3.77. The number of ether oxygens (including phenoxy) is 2. The van der Waals surface area contributed by atoms with E-state index in [0.717, 1.165) is 11.5 Å². The highest BCUT2D eigenvalue weighted by Crippen LogP contribution is 2.21. The first kappa shape index (κ1) is 10.9. The maximum atomic E-state index is 5.57. The summed E-state index contributed by atoms with van der Waals surface area (Å²) in [6.07, 6.45) is 0. The second-order valence-corrected chi connectivity index (χ2v) is 3.77. The van der Waals surface area contributed by atoms with E-state index in [0.29, 0.717) is 6.61 Å². The van der Waals surface area contributed by atoms with Crippen molar-refractivity contribution in [3.05, 3.63) is 31.2 Å². The van der Waals surface area contributed by atoms with Gasteiger partial charge in [-0.2, -0.15) is 0 Å². The molecule has 0 N–H and O–H groups in total. The van der Waals surface area contributed by atoms with E-state index in [4.69, 9.17) is 9.47 Å². The third-order valence-electron chi connectivity index (χ3n) is 1.53. The Morgan fingerprint density at radius 2 is 1.64 bits per heavy atom. The van der Waals surface area contributed by atoms with Crippen LogP contribution in [0.3, 0.4) is 0 Å². The van der Waals surface area contributed by atoms with Crippen LogP contribution in [0, 0.1) is 6.92 Å². The van der Waals surface area contributed by atoms with Gasteiger partial charge in [0, 0.05) is 0 Å². The molecule has 0 heterocycles. The van der Waals surface area contributed by atoms with Gasteiger partial charge in [0.15, 0.2) is 0 Å². The number of rotatable bonds is 4. The lowest BCUT2D eigenvalue weighted by Gasteiger charge is -2.21. The fourth-order valence-electron chi connectivity index (χ4n) is 1.09. The molecule has 1 aromatic carbocycles. The average molecular weight is 193 g/mol. The molecule has 0 fully saturated rings. The molecule has 0 saturated carbocycles. The predicted octanol–water partition coefficient (Wildman–Crippen LogP) is 3.08. The van der Waals surface area contributed by atoms with Gasteiger partial charge in [-0.3, -0.25) is 0 Å². The Balaban J connectivity index is 2.64. The van der Waals surface area contributed by atoms with Crippen LogP contribution in [0.2, 0.25) is 0 Å². The zero-order chi connectivity index (χ0) is 10.6. The van der Waals surface area contributed by atoms with Crippen molar-refractivity contribution in [2.45, 2.75) is 26.4 Å². The van der Waals surface area contributed by atoms with Gasteiger partial charge in [-0.05, 0) is 52.0 Å². The van der Waals surface area contributed by atoms with Crippen LogP contribution in [0.5, 0.6) is 11.5 Å². The molecule has 1 radical (unpaired) electrons. The summed E-state index contributed by atoms with van der Waals surface area (Å²) in [7, 11) is 0. The highest BCUT2D eigenvalue weighted by Gasteiger charge is 2.11. The average Bonchev–Trinajstić information content (AvgIpc) is 2.06. The molecule has 0 unspecified atom stereocenters. The van der Waals surface area contributed by atoms with Gasteiger partial charge < -0.3 is 9.47 Å². The third-order valence-corrected chi connectivity index (χ3v) is 1.53. The van der Waals surface area contributed by atoms with E-state index in [1.54, 1.807) is 0 Å². The minimum Gasteiger partial charge on any atom is -0.494 e. The van der Waals surface area contributed by atoms with Crippen molar-refractivity contribution in [3.8, 4) is 11.5 Å². The smallest absolute Gasteiger partial charge is 0.120 e. The lowest BCUT2D eigenvalue weighted by atomic mass is 10.2. The van der Waals surface area contributed by atoms with Crippen molar-refractivity contribution in [1.29, 1.82) is 0 Å². The van der Waals surface area contributed by atoms with Gasteiger partial charge in [-0.25, -0.2) is 0 Å². The Hall–Kier alpha value is -1.18. The number of hydrogen-bond donors (Lipinski definition) is 0. The maximum absolute atomic E-state index is 5.57. The number of benzene rings is 1. The highest BCUT2D eigenvalue weighted by molar-refractivity contribution is 5.31. The molecule has 0 aromatic heterocycles. The highest BCUT2D eigenvalue weighted by atomic mass is 16.5. The van der Waals surface area contributed by atoms with E-state index in [1.165, 1.54) is 0 Å². The van der Waals surface area contributed by atoms with Crippen molar-refractivity contribution in [2.24, 2.45) is 0 Å². The fourth-order valence-corrected chi connectivity index (χ4v) is 1.09. The van der Waals surface area contributed by atoms with Gasteiger partial charge in [-0.15, -0.1) is 0 Å². The standard InChI is InChI=1S/C12H17O2/c1-5-13-10-6-8-11(9-7-10)14-12(2,3)4/h6-9H,2,5H2,1,3-4H3. The molecule has 1 rings (SSSR count). The summed E-state index contributed by atoms with van der Waals surface area (Å²) in [4.78, 5) is 0. The molecule has 0 aliphatic rings. The minimum absolute atomic E-state index is 0.396. The van der Waals surface area contributed by atoms with Crippen molar-refractivity contribution < 1.29 is 9.47 Å². The Morgan fingerprint density at radius 1 is 1.14 bits per heavy atom. The summed E-state index contributed by atoms with van der Waals surface area (Å²) in [6.45, 7) is 10.4. The molecule has 0 aliphatic carbocycles. The van der Waals surface area contributed by atoms with Gasteiger partial charge in [0.05, 0.1) is 6.61 Å². The first-order valence-electron chi connectivity index (χ1n) is 4.78. The van der Waals surface area contributed by atoms with E-state index in [2.05, 4.69) is 6.92 Å². The lowest BCUT2D eigenvalue weighted by Crippen LogP contribution is -2.23. The van der Waals surface area contributed by atoms with E-state index in [1.807, 2.05) is 45.0 Å². The van der Waals surface area contributed by atoms with Crippen LogP contribution >= 0.6 is 0 Å². The Labute approximate surface area is 85.8 Å². The monoisotopic (exact) mass is 193 g/mol. The predicted molar refractivity (Wildman–Crippen MR) is 57.7 cm³/mol. The van der Waals surface area contributed by atoms with Crippen LogP contribution in [-0.4, -0.2) is 12.2 Å². The van der Waals surface area contributed by atoms with E-state index in [-0.39, 0.29) is 0 Å². The summed E-state index contributed by atoms with van der Waals surface area (Å²) in [5.74, 6) is 1.68. The quantitative estimate of drug-likeness (QED) is 0.731. The summed E-state index contributed by atoms with van der Waals surface area (Å²) in [5.41, 5.74) is -0.396. The third kappa shape index (κ3) is 3.69. The van der Waals surface area contributed by atoms with Crippen molar-refractivity contribution in [3.63, 3.8) is 0 Å². The largest absolute Gasteiger partial charge is 0.494 e. The molecule has 14 heavy (non-hydrogen) atoms. The topological polar surface area (TPSA) is 18.5 Å². The van der Waals surface area contributed by atoms with E-state index >= 15 is 0 Å². The van der Waals surface area contributed by atoms with Gasteiger partial charge in [0.25, 0.3) is 0 Å². The van der Waals surface area contributed by atoms with Crippen molar-refractivity contribution in [2.75, 3.05) is 6.61 Å².